The smallest absolute Gasteiger partial charge is 0.306 e. The Kier molecular flexibility index (Phi) is 6.89. The number of carbonyl (C=O) groups is 2. The number of carbonyl (C=O) groups excluding carboxylic acids is 2. The van der Waals surface area contributed by atoms with E-state index in [0.717, 1.165) is 22.6 Å². The molecule has 9 nitrogen and oxygen atoms in total. The van der Waals surface area contributed by atoms with Crippen molar-refractivity contribution in [1.29, 1.82) is 0 Å². The van der Waals surface area contributed by atoms with Crippen LogP contribution >= 0.6 is 0 Å². The van der Waals surface area contributed by atoms with Crippen LogP contribution < -0.4 is 5.14 Å². The number of Topliss-reactive ketones (excluding diaryl/α,β-unsaturated/α-hetero) is 1. The van der Waals surface area contributed by atoms with Crippen molar-refractivity contribution < 1.29 is 22.7 Å². The average Bonchev–Trinajstić information content (AvgIpc) is 3.18. The van der Waals surface area contributed by atoms with Crippen molar-refractivity contribution in [3.63, 3.8) is 0 Å². The van der Waals surface area contributed by atoms with E-state index in [1.54, 1.807) is 29.8 Å². The molecule has 0 atom stereocenters. The highest BCUT2D eigenvalue weighted by molar-refractivity contribution is 7.89. The summed E-state index contributed by atoms with van der Waals surface area (Å²) in [7, 11) is -1.93. The lowest BCUT2D eigenvalue weighted by Crippen LogP contribution is -2.15. The third-order valence-electron chi connectivity index (χ3n) is 5.76. The lowest BCUT2D eigenvalue weighted by Gasteiger charge is -2.11. The van der Waals surface area contributed by atoms with Crippen LogP contribution in [-0.4, -0.2) is 41.1 Å². The van der Waals surface area contributed by atoms with E-state index in [1.807, 2.05) is 32.4 Å². The molecule has 0 saturated heterocycles. The Morgan fingerprint density at radius 3 is 2.24 bits per heavy atom. The SMILES string of the molecule is Cc1nn(C)c(C)c1CCC(=O)OCC(=O)c1cc(C)n(-c2ccc(S(N)(=O)=O)cc2)c1C. The highest BCUT2D eigenvalue weighted by Crippen LogP contribution is 2.22. The highest BCUT2D eigenvalue weighted by Gasteiger charge is 2.19. The van der Waals surface area contributed by atoms with Crippen molar-refractivity contribution in [2.24, 2.45) is 12.2 Å². The number of hydrogen-bond acceptors (Lipinski definition) is 6. The molecule has 33 heavy (non-hydrogen) atoms. The Labute approximate surface area is 193 Å². The Hall–Kier alpha value is -3.24. The Morgan fingerprint density at radius 2 is 1.70 bits per heavy atom. The Balaban J connectivity index is 1.66. The summed E-state index contributed by atoms with van der Waals surface area (Å²) in [5.41, 5.74) is 5.47. The van der Waals surface area contributed by atoms with Crippen molar-refractivity contribution in [2.45, 2.75) is 45.4 Å². The third kappa shape index (κ3) is 5.23. The van der Waals surface area contributed by atoms with Gasteiger partial charge >= 0.3 is 5.97 Å². The lowest BCUT2D eigenvalue weighted by atomic mass is 10.1. The number of sulfonamides is 1. The average molecular weight is 473 g/mol. The molecule has 0 radical (unpaired) electrons. The molecule has 0 aliphatic carbocycles. The largest absolute Gasteiger partial charge is 0.457 e. The molecule has 2 aromatic heterocycles. The van der Waals surface area contributed by atoms with Gasteiger partial charge in [-0.1, -0.05) is 0 Å². The van der Waals surface area contributed by atoms with E-state index in [0.29, 0.717) is 23.4 Å². The molecule has 1 aromatic carbocycles. The predicted molar refractivity (Wildman–Crippen MR) is 123 cm³/mol. The minimum absolute atomic E-state index is 0.00796. The van der Waals surface area contributed by atoms with Gasteiger partial charge in [0.2, 0.25) is 15.8 Å². The van der Waals surface area contributed by atoms with Gasteiger partial charge in [-0.05, 0) is 70.0 Å². The van der Waals surface area contributed by atoms with Crippen LogP contribution in [-0.2, 0) is 33.0 Å². The summed E-state index contributed by atoms with van der Waals surface area (Å²) in [6.07, 6.45) is 0.664. The van der Waals surface area contributed by atoms with E-state index in [9.17, 15) is 18.0 Å². The number of primary sulfonamides is 1. The highest BCUT2D eigenvalue weighted by atomic mass is 32.2. The van der Waals surface area contributed by atoms with Crippen molar-refractivity contribution in [1.82, 2.24) is 14.3 Å². The van der Waals surface area contributed by atoms with E-state index in [2.05, 4.69) is 5.10 Å². The van der Waals surface area contributed by atoms with Crippen molar-refractivity contribution in [2.75, 3.05) is 6.61 Å². The van der Waals surface area contributed by atoms with E-state index in [4.69, 9.17) is 9.88 Å². The first-order valence-corrected chi connectivity index (χ1v) is 11.9. The molecule has 2 N–H and O–H groups in total. The van der Waals surface area contributed by atoms with Crippen LogP contribution in [0.2, 0.25) is 0 Å². The van der Waals surface area contributed by atoms with Crippen LogP contribution in [0.3, 0.4) is 0 Å². The van der Waals surface area contributed by atoms with Crippen molar-refractivity contribution in [3.05, 3.63) is 64.2 Å². The maximum absolute atomic E-state index is 12.7. The van der Waals surface area contributed by atoms with E-state index >= 15 is 0 Å². The monoisotopic (exact) mass is 472 g/mol. The van der Waals surface area contributed by atoms with Crippen molar-refractivity contribution >= 4 is 21.8 Å². The van der Waals surface area contributed by atoms with Gasteiger partial charge in [-0.25, -0.2) is 13.6 Å². The Bertz CT molecular complexity index is 1320. The number of ketones is 1. The number of ether oxygens (including phenoxy) is 1. The maximum Gasteiger partial charge on any atom is 0.306 e. The van der Waals surface area contributed by atoms with Crippen LogP contribution in [0.15, 0.2) is 35.2 Å². The standard InChI is InChI=1S/C23H28N4O5S/c1-14-12-21(17(4)27(14)18-6-8-19(9-7-18)33(24,30)31)22(28)13-32-23(29)11-10-20-15(2)25-26(5)16(20)3/h6-9,12H,10-11,13H2,1-5H3,(H2,24,30,31). The van der Waals surface area contributed by atoms with Crippen LogP contribution in [0.4, 0.5) is 0 Å². The van der Waals surface area contributed by atoms with Gasteiger partial charge in [0.15, 0.2) is 6.61 Å². The minimum Gasteiger partial charge on any atom is -0.457 e. The summed E-state index contributed by atoms with van der Waals surface area (Å²) >= 11 is 0. The van der Waals surface area contributed by atoms with E-state index in [1.165, 1.54) is 12.1 Å². The Morgan fingerprint density at radius 1 is 1.06 bits per heavy atom. The number of nitrogens with two attached hydrogens (primary N) is 1. The molecule has 10 heteroatoms. The predicted octanol–water partition coefficient (Wildman–Crippen LogP) is 2.45. The molecule has 0 fully saturated rings. The summed E-state index contributed by atoms with van der Waals surface area (Å²) in [6, 6.07) is 7.80. The van der Waals surface area contributed by atoms with Gasteiger partial charge in [-0.2, -0.15) is 5.10 Å². The zero-order valence-corrected chi connectivity index (χ0v) is 20.2. The van der Waals surface area contributed by atoms with Crippen LogP contribution in [0.1, 0.15) is 45.1 Å². The fourth-order valence-electron chi connectivity index (χ4n) is 3.93. The van der Waals surface area contributed by atoms with E-state index in [-0.39, 0.29) is 23.7 Å². The summed E-state index contributed by atoms with van der Waals surface area (Å²) in [5, 5.41) is 9.49. The number of nitrogens with zero attached hydrogens (tertiary/aromatic N) is 3. The topological polar surface area (TPSA) is 126 Å². The first-order chi connectivity index (χ1) is 15.4. The van der Waals surface area contributed by atoms with Gasteiger partial charge in [0.05, 0.1) is 10.6 Å². The molecule has 0 aliphatic heterocycles. The normalized spacial score (nSPS) is 11.6. The molecule has 0 unspecified atom stereocenters. The van der Waals surface area contributed by atoms with Gasteiger partial charge in [0.25, 0.3) is 0 Å². The van der Waals surface area contributed by atoms with Gasteiger partial charge in [0, 0.05) is 41.8 Å². The summed E-state index contributed by atoms with van der Waals surface area (Å²) in [6.45, 7) is 7.11. The molecule has 0 amide bonds. The molecular weight excluding hydrogens is 444 g/mol. The third-order valence-corrected chi connectivity index (χ3v) is 6.69. The molecular formula is C23H28N4O5S. The molecule has 3 rings (SSSR count). The zero-order valence-electron chi connectivity index (χ0n) is 19.4. The summed E-state index contributed by atoms with van der Waals surface area (Å²) in [4.78, 5) is 25.0. The van der Waals surface area contributed by atoms with Crippen LogP contribution in [0, 0.1) is 27.7 Å². The number of aryl methyl sites for hydroxylation is 3. The molecule has 3 aromatic rings. The number of aromatic nitrogens is 3. The minimum atomic E-state index is -3.79. The maximum atomic E-state index is 12.7. The number of hydrogen-bond donors (Lipinski definition) is 1. The number of esters is 1. The van der Waals surface area contributed by atoms with Crippen LogP contribution in [0.5, 0.6) is 0 Å². The summed E-state index contributed by atoms with van der Waals surface area (Å²) < 4.78 is 31.8. The first-order valence-electron chi connectivity index (χ1n) is 10.4. The quantitative estimate of drug-likeness (QED) is 0.396. The molecule has 0 spiro atoms. The zero-order chi connectivity index (χ0) is 24.5. The number of rotatable bonds is 8. The molecule has 176 valence electrons. The molecule has 0 saturated carbocycles. The van der Waals surface area contributed by atoms with Gasteiger partial charge in [-0.3, -0.25) is 14.3 Å². The van der Waals surface area contributed by atoms with E-state index < -0.39 is 16.0 Å². The first kappa shape index (κ1) is 24.4. The second-order valence-corrected chi connectivity index (χ2v) is 9.58. The second-order valence-electron chi connectivity index (χ2n) is 8.02. The second kappa shape index (κ2) is 9.32. The molecule has 0 bridgehead atoms. The molecule has 0 aliphatic rings. The van der Waals surface area contributed by atoms with Crippen LogP contribution in [0.25, 0.3) is 5.69 Å². The molecule has 2 heterocycles. The van der Waals surface area contributed by atoms with Gasteiger partial charge in [-0.15, -0.1) is 0 Å². The fourth-order valence-corrected chi connectivity index (χ4v) is 4.45. The number of benzene rings is 1. The van der Waals surface area contributed by atoms with Crippen molar-refractivity contribution in [3.8, 4) is 5.69 Å². The fraction of sp³-hybridized carbons (Fsp3) is 0.348. The summed E-state index contributed by atoms with van der Waals surface area (Å²) in [5.74, 6) is -0.754. The van der Waals surface area contributed by atoms with Gasteiger partial charge < -0.3 is 9.30 Å². The lowest BCUT2D eigenvalue weighted by molar-refractivity contribution is -0.142. The van der Waals surface area contributed by atoms with Gasteiger partial charge in [0.1, 0.15) is 0 Å².